The number of amides is 1. The molecule has 0 aromatic heterocycles. The molecule has 132 valence electrons. The number of nitrogens with zero attached hydrogens (tertiary/aromatic N) is 2. The lowest BCUT2D eigenvalue weighted by atomic mass is 9.95. The van der Waals surface area contributed by atoms with E-state index in [-0.39, 0.29) is 24.1 Å². The first-order valence-electron chi connectivity index (χ1n) is 8.93. The van der Waals surface area contributed by atoms with Gasteiger partial charge in [-0.05, 0) is 56.8 Å². The van der Waals surface area contributed by atoms with Gasteiger partial charge >= 0.3 is 0 Å². The number of methoxy groups -OCH3 is 1. The first-order valence-corrected chi connectivity index (χ1v) is 8.93. The summed E-state index contributed by atoms with van der Waals surface area (Å²) in [4.78, 5) is 17.3. The summed E-state index contributed by atoms with van der Waals surface area (Å²) in [5.41, 5.74) is 0.971. The van der Waals surface area contributed by atoms with Gasteiger partial charge < -0.3 is 14.7 Å². The first kappa shape index (κ1) is 17.2. The minimum Gasteiger partial charge on any atom is -0.497 e. The lowest BCUT2D eigenvalue weighted by Gasteiger charge is -2.35. The van der Waals surface area contributed by atoms with Crippen molar-refractivity contribution in [2.24, 2.45) is 0 Å². The Labute approximate surface area is 144 Å². The molecule has 2 aliphatic rings. The zero-order valence-electron chi connectivity index (χ0n) is 14.7. The Morgan fingerprint density at radius 2 is 2.12 bits per heavy atom. The predicted octanol–water partition coefficient (Wildman–Crippen LogP) is 2.03. The Hall–Kier alpha value is -1.59. The highest BCUT2D eigenvalue weighted by Crippen LogP contribution is 2.42. The summed E-state index contributed by atoms with van der Waals surface area (Å²) in [7, 11) is 1.65. The Bertz CT molecular complexity index is 574. The number of rotatable bonds is 6. The second-order valence-corrected chi connectivity index (χ2v) is 6.93. The number of likely N-dealkylation sites (N-methyl/N-ethyl adjacent to an activating group) is 1. The van der Waals surface area contributed by atoms with Gasteiger partial charge in [-0.2, -0.15) is 0 Å². The molecule has 2 fully saturated rings. The number of aliphatic hydroxyl groups is 1. The van der Waals surface area contributed by atoms with E-state index >= 15 is 0 Å². The summed E-state index contributed by atoms with van der Waals surface area (Å²) in [6.45, 7) is 4.44. The fraction of sp³-hybridized carbons (Fsp3) is 0.632. The number of hydrogen-bond donors (Lipinski definition) is 1. The summed E-state index contributed by atoms with van der Waals surface area (Å²) in [6.07, 6.45) is 3.88. The SMILES string of the molecule is CCN(Cc1ccc(OC)cc1)C(=O)[C@H]1CC[C@]2(CO)CCCN12. The van der Waals surface area contributed by atoms with Crippen molar-refractivity contribution in [3.8, 4) is 5.75 Å². The Balaban J connectivity index is 1.70. The van der Waals surface area contributed by atoms with Crippen LogP contribution in [0.5, 0.6) is 5.75 Å². The number of carbonyl (C=O) groups is 1. The van der Waals surface area contributed by atoms with Crippen LogP contribution in [0.4, 0.5) is 0 Å². The average Bonchev–Trinajstić information content (AvgIpc) is 3.18. The van der Waals surface area contributed by atoms with Gasteiger partial charge in [-0.15, -0.1) is 0 Å². The molecule has 0 bridgehead atoms. The number of aliphatic hydroxyl groups excluding tert-OH is 1. The number of benzene rings is 1. The molecule has 1 aromatic carbocycles. The third kappa shape index (κ3) is 3.03. The van der Waals surface area contributed by atoms with Crippen molar-refractivity contribution in [2.45, 2.75) is 50.7 Å². The molecule has 1 aromatic rings. The molecule has 0 spiro atoms. The number of carbonyl (C=O) groups excluding carboxylic acids is 1. The molecular formula is C19H28N2O3. The van der Waals surface area contributed by atoms with Gasteiger partial charge in [0.05, 0.1) is 19.8 Å². The van der Waals surface area contributed by atoms with E-state index in [2.05, 4.69) is 4.90 Å². The van der Waals surface area contributed by atoms with Crippen LogP contribution in [0.2, 0.25) is 0 Å². The van der Waals surface area contributed by atoms with Gasteiger partial charge in [-0.25, -0.2) is 0 Å². The van der Waals surface area contributed by atoms with Crippen LogP contribution >= 0.6 is 0 Å². The maximum Gasteiger partial charge on any atom is 0.240 e. The monoisotopic (exact) mass is 332 g/mol. The second-order valence-electron chi connectivity index (χ2n) is 6.93. The summed E-state index contributed by atoms with van der Waals surface area (Å²) in [5.74, 6) is 1.03. The van der Waals surface area contributed by atoms with Crippen LogP contribution in [-0.2, 0) is 11.3 Å². The number of fused-ring (bicyclic) bond motifs is 1. The van der Waals surface area contributed by atoms with E-state index in [0.29, 0.717) is 13.1 Å². The second kappa shape index (κ2) is 7.11. The van der Waals surface area contributed by atoms with Crippen LogP contribution in [0.3, 0.4) is 0 Å². The van der Waals surface area contributed by atoms with Gasteiger partial charge in [0.25, 0.3) is 0 Å². The van der Waals surface area contributed by atoms with Crippen molar-refractivity contribution in [1.29, 1.82) is 0 Å². The third-order valence-electron chi connectivity index (χ3n) is 5.72. The molecule has 2 saturated heterocycles. The maximum absolute atomic E-state index is 13.1. The van der Waals surface area contributed by atoms with E-state index in [1.807, 2.05) is 36.1 Å². The molecule has 5 heteroatoms. The molecule has 1 amide bonds. The molecule has 2 atom stereocenters. The quantitative estimate of drug-likeness (QED) is 0.866. The van der Waals surface area contributed by atoms with Crippen LogP contribution in [0.15, 0.2) is 24.3 Å². The largest absolute Gasteiger partial charge is 0.497 e. The Morgan fingerprint density at radius 3 is 2.75 bits per heavy atom. The summed E-state index contributed by atoms with van der Waals surface area (Å²) in [6, 6.07) is 7.81. The van der Waals surface area contributed by atoms with E-state index in [4.69, 9.17) is 4.74 Å². The Kier molecular flexibility index (Phi) is 5.11. The van der Waals surface area contributed by atoms with Gasteiger partial charge in [-0.3, -0.25) is 9.69 Å². The van der Waals surface area contributed by atoms with Gasteiger partial charge in [0, 0.05) is 18.6 Å². The minimum absolute atomic E-state index is 0.0714. The molecule has 5 nitrogen and oxygen atoms in total. The number of hydrogen-bond acceptors (Lipinski definition) is 4. The zero-order valence-corrected chi connectivity index (χ0v) is 14.7. The summed E-state index contributed by atoms with van der Waals surface area (Å²) < 4.78 is 5.19. The summed E-state index contributed by atoms with van der Waals surface area (Å²) in [5, 5.41) is 9.83. The minimum atomic E-state index is -0.139. The molecular weight excluding hydrogens is 304 g/mol. The fourth-order valence-corrected chi connectivity index (χ4v) is 4.29. The molecule has 0 saturated carbocycles. The molecule has 1 N–H and O–H groups in total. The van der Waals surface area contributed by atoms with Crippen molar-refractivity contribution < 1.29 is 14.6 Å². The highest BCUT2D eigenvalue weighted by Gasteiger charge is 2.51. The molecule has 0 unspecified atom stereocenters. The van der Waals surface area contributed by atoms with Gasteiger partial charge in [-0.1, -0.05) is 12.1 Å². The lowest BCUT2D eigenvalue weighted by Crippen LogP contribution is -2.51. The standard InChI is InChI=1S/C19H28N2O3/c1-3-20(13-15-5-7-16(24-2)8-6-15)18(23)17-9-11-19(14-22)10-4-12-21(17)19/h5-8,17,22H,3-4,9-14H2,1-2H3/t17-,19+/m1/s1. The van der Waals surface area contributed by atoms with Crippen molar-refractivity contribution in [2.75, 3.05) is 26.8 Å². The van der Waals surface area contributed by atoms with Crippen molar-refractivity contribution in [3.63, 3.8) is 0 Å². The molecule has 0 aliphatic carbocycles. The smallest absolute Gasteiger partial charge is 0.240 e. The third-order valence-corrected chi connectivity index (χ3v) is 5.72. The van der Waals surface area contributed by atoms with Gasteiger partial charge in [0.2, 0.25) is 5.91 Å². The predicted molar refractivity (Wildman–Crippen MR) is 92.9 cm³/mol. The van der Waals surface area contributed by atoms with Crippen LogP contribution in [0.1, 0.15) is 38.2 Å². The van der Waals surface area contributed by atoms with Crippen molar-refractivity contribution >= 4 is 5.91 Å². The first-order chi connectivity index (χ1) is 11.6. The summed E-state index contributed by atoms with van der Waals surface area (Å²) >= 11 is 0. The molecule has 0 radical (unpaired) electrons. The highest BCUT2D eigenvalue weighted by atomic mass is 16.5. The Morgan fingerprint density at radius 1 is 1.38 bits per heavy atom. The van der Waals surface area contributed by atoms with E-state index in [9.17, 15) is 9.90 Å². The van der Waals surface area contributed by atoms with Gasteiger partial charge in [0.15, 0.2) is 0 Å². The van der Waals surface area contributed by atoms with Gasteiger partial charge in [0.1, 0.15) is 5.75 Å². The normalized spacial score (nSPS) is 26.4. The molecule has 24 heavy (non-hydrogen) atoms. The molecule has 2 aliphatic heterocycles. The lowest BCUT2D eigenvalue weighted by molar-refractivity contribution is -0.137. The van der Waals surface area contributed by atoms with Crippen molar-refractivity contribution in [1.82, 2.24) is 9.80 Å². The van der Waals surface area contributed by atoms with E-state index < -0.39 is 0 Å². The maximum atomic E-state index is 13.1. The fourth-order valence-electron chi connectivity index (χ4n) is 4.29. The van der Waals surface area contributed by atoms with Crippen LogP contribution in [0, 0.1) is 0 Å². The molecule has 2 heterocycles. The van der Waals surface area contributed by atoms with Crippen LogP contribution < -0.4 is 4.74 Å². The average molecular weight is 332 g/mol. The highest BCUT2D eigenvalue weighted by molar-refractivity contribution is 5.82. The van der Waals surface area contributed by atoms with E-state index in [0.717, 1.165) is 43.5 Å². The topological polar surface area (TPSA) is 53.0 Å². The van der Waals surface area contributed by atoms with Crippen LogP contribution in [-0.4, -0.2) is 59.2 Å². The van der Waals surface area contributed by atoms with Crippen LogP contribution in [0.25, 0.3) is 0 Å². The van der Waals surface area contributed by atoms with Crippen molar-refractivity contribution in [3.05, 3.63) is 29.8 Å². The zero-order chi connectivity index (χ0) is 17.2. The molecule has 3 rings (SSSR count). The van der Waals surface area contributed by atoms with E-state index in [1.54, 1.807) is 7.11 Å². The number of ether oxygens (including phenoxy) is 1. The van der Waals surface area contributed by atoms with E-state index in [1.165, 1.54) is 0 Å².